The Morgan fingerprint density at radius 3 is 2.36 bits per heavy atom. The number of hydrogen-bond donors (Lipinski definition) is 1. The number of nitrogens with two attached hydrogens (primary N) is 1. The van der Waals surface area contributed by atoms with Gasteiger partial charge < -0.3 is 5.73 Å². The van der Waals surface area contributed by atoms with Crippen LogP contribution in [-0.2, 0) is 5.67 Å². The van der Waals surface area contributed by atoms with Crippen molar-refractivity contribution in [3.63, 3.8) is 0 Å². The number of hydrogen-bond acceptors (Lipinski definition) is 3. The summed E-state index contributed by atoms with van der Waals surface area (Å²) in [5.41, 5.74) is 4.13. The number of nitrogens with zero attached hydrogens (tertiary/aromatic N) is 2. The van der Waals surface area contributed by atoms with Gasteiger partial charge in [-0.2, -0.15) is 0 Å². The van der Waals surface area contributed by atoms with E-state index in [1.54, 1.807) is 0 Å². The van der Waals surface area contributed by atoms with E-state index in [-0.39, 0.29) is 0 Å². The Morgan fingerprint density at radius 1 is 1.36 bits per heavy atom. The van der Waals surface area contributed by atoms with Crippen molar-refractivity contribution in [2.45, 2.75) is 19.5 Å². The largest absolute Gasteiger partial charge is 0.382 e. The summed E-state index contributed by atoms with van der Waals surface area (Å²) < 4.78 is 13.1. The highest BCUT2D eigenvalue weighted by atomic mass is 19.1. The van der Waals surface area contributed by atoms with E-state index in [2.05, 4.69) is 9.97 Å². The molecule has 0 saturated carbocycles. The third-order valence-corrected chi connectivity index (χ3v) is 1.28. The van der Waals surface area contributed by atoms with Crippen molar-refractivity contribution >= 4 is 5.82 Å². The van der Waals surface area contributed by atoms with Crippen LogP contribution in [0, 0.1) is 0 Å². The molecule has 0 aliphatic carbocycles. The van der Waals surface area contributed by atoms with Crippen molar-refractivity contribution in [1.82, 2.24) is 9.97 Å². The maximum absolute atomic E-state index is 13.1. The van der Waals surface area contributed by atoms with E-state index in [1.807, 2.05) is 0 Å². The molecule has 0 bridgehead atoms. The number of halogens is 1. The number of aromatic nitrogens is 2. The van der Waals surface area contributed by atoms with Crippen LogP contribution in [0.1, 0.15) is 19.5 Å². The first-order valence-corrected chi connectivity index (χ1v) is 3.27. The fraction of sp³-hybridized carbons (Fsp3) is 0.429. The molecule has 0 fully saturated rings. The van der Waals surface area contributed by atoms with E-state index in [0.29, 0.717) is 11.5 Å². The smallest absolute Gasteiger partial charge is 0.148 e. The van der Waals surface area contributed by atoms with Crippen LogP contribution in [0.15, 0.2) is 12.4 Å². The Morgan fingerprint density at radius 2 is 2.00 bits per heavy atom. The third kappa shape index (κ3) is 1.86. The first-order valence-electron chi connectivity index (χ1n) is 3.27. The monoisotopic (exact) mass is 155 g/mol. The second kappa shape index (κ2) is 2.45. The first-order chi connectivity index (χ1) is 5.00. The fourth-order valence-corrected chi connectivity index (χ4v) is 0.645. The summed E-state index contributed by atoms with van der Waals surface area (Å²) in [6.07, 6.45) is 2.69. The first kappa shape index (κ1) is 7.91. The lowest BCUT2D eigenvalue weighted by Gasteiger charge is -2.11. The van der Waals surface area contributed by atoms with Gasteiger partial charge in [-0.3, -0.25) is 4.98 Å². The quantitative estimate of drug-likeness (QED) is 0.664. The Balaban J connectivity index is 2.99. The van der Waals surface area contributed by atoms with Crippen molar-refractivity contribution in [2.24, 2.45) is 0 Å². The predicted molar refractivity (Wildman–Crippen MR) is 40.6 cm³/mol. The minimum atomic E-state index is -1.44. The van der Waals surface area contributed by atoms with Crippen LogP contribution in [0.3, 0.4) is 0 Å². The minimum Gasteiger partial charge on any atom is -0.382 e. The molecule has 0 saturated heterocycles. The lowest BCUT2D eigenvalue weighted by molar-refractivity contribution is 0.213. The van der Waals surface area contributed by atoms with Gasteiger partial charge in [0.2, 0.25) is 0 Å². The number of alkyl halides is 1. The summed E-state index contributed by atoms with van der Waals surface area (Å²) in [7, 11) is 0. The Labute approximate surface area is 64.5 Å². The summed E-state index contributed by atoms with van der Waals surface area (Å²) >= 11 is 0. The normalized spacial score (nSPS) is 11.5. The average Bonchev–Trinajstić information content (AvgIpc) is 1.86. The molecule has 0 radical (unpaired) electrons. The maximum atomic E-state index is 13.1. The molecule has 11 heavy (non-hydrogen) atoms. The van der Waals surface area contributed by atoms with Crippen molar-refractivity contribution in [2.75, 3.05) is 5.73 Å². The van der Waals surface area contributed by atoms with Crippen molar-refractivity contribution in [3.8, 4) is 0 Å². The molecule has 0 aliphatic heterocycles. The van der Waals surface area contributed by atoms with E-state index in [0.717, 1.165) is 0 Å². The highest BCUT2D eigenvalue weighted by Gasteiger charge is 2.20. The van der Waals surface area contributed by atoms with Gasteiger partial charge in [-0.15, -0.1) is 0 Å². The molecule has 0 aliphatic rings. The molecule has 4 heteroatoms. The summed E-state index contributed by atoms with van der Waals surface area (Å²) in [6, 6.07) is 0. The van der Waals surface area contributed by atoms with Crippen LogP contribution >= 0.6 is 0 Å². The van der Waals surface area contributed by atoms with E-state index in [9.17, 15) is 4.39 Å². The topological polar surface area (TPSA) is 51.8 Å². The lowest BCUT2D eigenvalue weighted by Crippen LogP contribution is -2.12. The number of rotatable bonds is 1. The highest BCUT2D eigenvalue weighted by Crippen LogP contribution is 2.21. The van der Waals surface area contributed by atoms with Crippen molar-refractivity contribution in [3.05, 3.63) is 18.1 Å². The molecule has 1 aromatic rings. The summed E-state index contributed by atoms with van der Waals surface area (Å²) in [4.78, 5) is 7.51. The molecule has 0 unspecified atom stereocenters. The third-order valence-electron chi connectivity index (χ3n) is 1.28. The molecule has 1 heterocycles. The zero-order valence-corrected chi connectivity index (χ0v) is 6.50. The number of anilines is 1. The van der Waals surface area contributed by atoms with E-state index in [1.165, 1.54) is 26.2 Å². The van der Waals surface area contributed by atoms with Crippen LogP contribution < -0.4 is 5.73 Å². The summed E-state index contributed by atoms with van der Waals surface area (Å²) in [5, 5.41) is 0. The van der Waals surface area contributed by atoms with Gasteiger partial charge in [-0.05, 0) is 13.8 Å². The van der Waals surface area contributed by atoms with Gasteiger partial charge in [0.1, 0.15) is 11.5 Å². The molecule has 60 valence electrons. The van der Waals surface area contributed by atoms with Gasteiger partial charge in [-0.1, -0.05) is 0 Å². The minimum absolute atomic E-state index is 0.298. The van der Waals surface area contributed by atoms with Crippen molar-refractivity contribution in [1.29, 1.82) is 0 Å². The van der Waals surface area contributed by atoms with Gasteiger partial charge in [0.05, 0.1) is 18.1 Å². The SMILES string of the molecule is CC(C)(F)c1cnc(N)cn1. The molecule has 0 aromatic carbocycles. The fourth-order valence-electron chi connectivity index (χ4n) is 0.645. The molecule has 0 amide bonds. The molecule has 1 rings (SSSR count). The molecule has 0 spiro atoms. The van der Waals surface area contributed by atoms with E-state index in [4.69, 9.17) is 5.73 Å². The van der Waals surface area contributed by atoms with Crippen molar-refractivity contribution < 1.29 is 4.39 Å². The Kier molecular flexibility index (Phi) is 1.76. The molecule has 0 atom stereocenters. The molecule has 1 aromatic heterocycles. The molecular weight excluding hydrogens is 145 g/mol. The zero-order valence-electron chi connectivity index (χ0n) is 6.50. The van der Waals surface area contributed by atoms with Crippen LogP contribution in [0.25, 0.3) is 0 Å². The van der Waals surface area contributed by atoms with Crippen LogP contribution in [0.5, 0.6) is 0 Å². The Hall–Kier alpha value is -1.19. The van der Waals surface area contributed by atoms with E-state index >= 15 is 0 Å². The van der Waals surface area contributed by atoms with Crippen LogP contribution in [0.2, 0.25) is 0 Å². The molecule has 3 nitrogen and oxygen atoms in total. The zero-order chi connectivity index (χ0) is 8.48. The molecular formula is C7H10FN3. The van der Waals surface area contributed by atoms with Gasteiger partial charge >= 0.3 is 0 Å². The van der Waals surface area contributed by atoms with Gasteiger partial charge in [-0.25, -0.2) is 9.37 Å². The number of nitrogen functional groups attached to an aromatic ring is 1. The average molecular weight is 155 g/mol. The van der Waals surface area contributed by atoms with Crippen LogP contribution in [-0.4, -0.2) is 9.97 Å². The predicted octanol–water partition coefficient (Wildman–Crippen LogP) is 1.26. The van der Waals surface area contributed by atoms with Crippen LogP contribution in [0.4, 0.5) is 10.2 Å². The summed E-state index contributed by atoms with van der Waals surface area (Å²) in [5.74, 6) is 0.304. The molecule has 2 N–H and O–H groups in total. The second-order valence-electron chi connectivity index (χ2n) is 2.80. The van der Waals surface area contributed by atoms with Gasteiger partial charge in [0, 0.05) is 0 Å². The Bertz CT molecular complexity index is 237. The van der Waals surface area contributed by atoms with E-state index < -0.39 is 5.67 Å². The second-order valence-corrected chi connectivity index (χ2v) is 2.80. The van der Waals surface area contributed by atoms with Gasteiger partial charge in [0.25, 0.3) is 0 Å². The summed E-state index contributed by atoms with van der Waals surface area (Å²) in [6.45, 7) is 2.85. The van der Waals surface area contributed by atoms with Gasteiger partial charge in [0.15, 0.2) is 0 Å². The standard InChI is InChI=1S/C7H10FN3/c1-7(2,8)5-3-11-6(9)4-10-5/h3-4H,1-2H3,(H2,9,11). The maximum Gasteiger partial charge on any atom is 0.148 e. The lowest BCUT2D eigenvalue weighted by atomic mass is 10.1. The highest BCUT2D eigenvalue weighted by molar-refractivity contribution is 5.24.